The van der Waals surface area contributed by atoms with Gasteiger partial charge in [0.15, 0.2) is 0 Å². The van der Waals surface area contributed by atoms with Crippen LogP contribution in [0.1, 0.15) is 35.7 Å². The van der Waals surface area contributed by atoms with Gasteiger partial charge in [-0.25, -0.2) is 9.78 Å². The van der Waals surface area contributed by atoms with Crippen LogP contribution in [0.4, 0.5) is 8.78 Å². The number of aromatic nitrogens is 3. The maximum atomic E-state index is 14.5. The van der Waals surface area contributed by atoms with Gasteiger partial charge in [-0.2, -0.15) is 13.8 Å². The van der Waals surface area contributed by atoms with E-state index in [4.69, 9.17) is 0 Å². The Bertz CT molecular complexity index is 1310. The molecule has 5 nitrogen and oxygen atoms in total. The van der Waals surface area contributed by atoms with Crippen LogP contribution in [0.5, 0.6) is 0 Å². The first kappa shape index (κ1) is 21.2. The molecule has 0 saturated heterocycles. The highest BCUT2D eigenvalue weighted by Gasteiger charge is 2.29. The summed E-state index contributed by atoms with van der Waals surface area (Å²) in [6.07, 6.45) is 0. The van der Waals surface area contributed by atoms with Gasteiger partial charge in [-0.05, 0) is 61.4 Å². The number of nitrogens with zero attached hydrogens (tertiary/aromatic N) is 3. The second-order valence-corrected chi connectivity index (χ2v) is 7.80. The minimum absolute atomic E-state index is 0.0634. The summed E-state index contributed by atoms with van der Waals surface area (Å²) in [4.78, 5) is 23.6. The summed E-state index contributed by atoms with van der Waals surface area (Å²) in [5.41, 5.74) is 2.17. The fourth-order valence-electron chi connectivity index (χ4n) is 3.42. The predicted octanol–water partition coefficient (Wildman–Crippen LogP) is 5.51. The Labute approximate surface area is 183 Å². The molecule has 0 unspecified atom stereocenters. The van der Waals surface area contributed by atoms with E-state index in [0.717, 1.165) is 17.2 Å². The third kappa shape index (κ3) is 4.09. The van der Waals surface area contributed by atoms with E-state index in [1.807, 2.05) is 50.2 Å². The molecule has 0 aliphatic carbocycles. The van der Waals surface area contributed by atoms with Crippen molar-refractivity contribution in [3.05, 3.63) is 102 Å². The quantitative estimate of drug-likeness (QED) is 0.422. The molecule has 0 saturated carbocycles. The Kier molecular flexibility index (Phi) is 5.48. The summed E-state index contributed by atoms with van der Waals surface area (Å²) in [7, 11) is 0. The van der Waals surface area contributed by atoms with E-state index >= 15 is 0 Å². The summed E-state index contributed by atoms with van der Waals surface area (Å²) in [6.45, 7) is 3.72. The van der Waals surface area contributed by atoms with Crippen LogP contribution in [0.2, 0.25) is 0 Å². The maximum Gasteiger partial charge on any atom is 0.354 e. The molecule has 3 aromatic heterocycles. The smallest absolute Gasteiger partial charge is 0.354 e. The van der Waals surface area contributed by atoms with Crippen molar-refractivity contribution >= 4 is 5.97 Å². The highest BCUT2D eigenvalue weighted by molar-refractivity contribution is 5.85. The van der Waals surface area contributed by atoms with E-state index in [2.05, 4.69) is 15.0 Å². The summed E-state index contributed by atoms with van der Waals surface area (Å²) in [5.74, 6) is -3.01. The molecule has 0 aliphatic rings. The summed E-state index contributed by atoms with van der Waals surface area (Å²) in [6, 6.07) is 20.2. The van der Waals surface area contributed by atoms with E-state index in [9.17, 15) is 18.7 Å². The highest BCUT2D eigenvalue weighted by Crippen LogP contribution is 2.35. The van der Waals surface area contributed by atoms with Gasteiger partial charge in [-0.15, -0.1) is 0 Å². The predicted molar refractivity (Wildman–Crippen MR) is 116 cm³/mol. The van der Waals surface area contributed by atoms with Crippen molar-refractivity contribution in [2.75, 3.05) is 0 Å². The topological polar surface area (TPSA) is 76.0 Å². The Morgan fingerprint density at radius 2 is 1.56 bits per heavy atom. The minimum atomic E-state index is -1.13. The molecule has 7 heteroatoms. The molecule has 0 atom stereocenters. The summed E-state index contributed by atoms with van der Waals surface area (Å²) in [5, 5.41) is 9.33. The number of rotatable bonds is 5. The lowest BCUT2D eigenvalue weighted by atomic mass is 9.83. The third-order valence-corrected chi connectivity index (χ3v) is 5.27. The zero-order valence-corrected chi connectivity index (χ0v) is 17.4. The monoisotopic (exact) mass is 431 g/mol. The lowest BCUT2D eigenvalue weighted by Gasteiger charge is -2.25. The van der Waals surface area contributed by atoms with E-state index in [1.54, 1.807) is 18.2 Å². The number of hydrogen-bond acceptors (Lipinski definition) is 4. The van der Waals surface area contributed by atoms with E-state index < -0.39 is 23.3 Å². The molecule has 160 valence electrons. The standard InChI is InChI=1S/C25H19F2N3O2/c1-25(2,20-10-6-9-18(28-20)24(31)32)21-14-16(15-7-4-3-5-8-15)13-19(29-21)17-11-12-22(26)30-23(17)27/h3-14H,1-2H3,(H,31,32). The van der Waals surface area contributed by atoms with Gasteiger partial charge in [0, 0.05) is 5.41 Å². The number of pyridine rings is 3. The molecule has 4 rings (SSSR count). The average molecular weight is 431 g/mol. The van der Waals surface area contributed by atoms with Gasteiger partial charge >= 0.3 is 5.97 Å². The molecule has 4 aromatic rings. The SMILES string of the molecule is CC(C)(c1cccc(C(=O)O)n1)c1cc(-c2ccccc2)cc(-c2ccc(F)nc2F)n1. The van der Waals surface area contributed by atoms with Crippen LogP contribution >= 0.6 is 0 Å². The van der Waals surface area contributed by atoms with E-state index in [-0.39, 0.29) is 17.0 Å². The number of benzene rings is 1. The van der Waals surface area contributed by atoms with Crippen molar-refractivity contribution in [2.24, 2.45) is 0 Å². The largest absolute Gasteiger partial charge is 0.477 e. The Morgan fingerprint density at radius 1 is 0.812 bits per heavy atom. The lowest BCUT2D eigenvalue weighted by molar-refractivity contribution is 0.0690. The van der Waals surface area contributed by atoms with Crippen LogP contribution < -0.4 is 0 Å². The van der Waals surface area contributed by atoms with Crippen molar-refractivity contribution in [1.82, 2.24) is 15.0 Å². The number of aromatic carboxylic acids is 1. The fourth-order valence-corrected chi connectivity index (χ4v) is 3.42. The number of hydrogen-bond donors (Lipinski definition) is 1. The summed E-state index contributed by atoms with van der Waals surface area (Å²) >= 11 is 0. The van der Waals surface area contributed by atoms with E-state index in [0.29, 0.717) is 11.4 Å². The first-order valence-corrected chi connectivity index (χ1v) is 9.87. The molecule has 1 N–H and O–H groups in total. The van der Waals surface area contributed by atoms with Crippen LogP contribution in [0.15, 0.2) is 72.8 Å². The fraction of sp³-hybridized carbons (Fsp3) is 0.120. The second-order valence-electron chi connectivity index (χ2n) is 7.80. The number of halogens is 2. The van der Waals surface area contributed by atoms with Gasteiger partial charge < -0.3 is 5.11 Å². The first-order chi connectivity index (χ1) is 15.3. The van der Waals surface area contributed by atoms with Gasteiger partial charge in [-0.1, -0.05) is 36.4 Å². The van der Waals surface area contributed by atoms with Gasteiger partial charge in [0.25, 0.3) is 0 Å². The molecule has 0 bridgehead atoms. The third-order valence-electron chi connectivity index (χ3n) is 5.27. The Morgan fingerprint density at radius 3 is 2.25 bits per heavy atom. The molecule has 0 radical (unpaired) electrons. The molecular formula is C25H19F2N3O2. The number of carboxylic acid groups (broad SMARTS) is 1. The molecule has 0 fully saturated rings. The molecule has 0 amide bonds. The van der Waals surface area contributed by atoms with E-state index in [1.165, 1.54) is 12.1 Å². The lowest BCUT2D eigenvalue weighted by Crippen LogP contribution is -2.23. The second kappa shape index (κ2) is 8.26. The van der Waals surface area contributed by atoms with Gasteiger partial charge in [-0.3, -0.25) is 4.98 Å². The summed E-state index contributed by atoms with van der Waals surface area (Å²) < 4.78 is 27.9. The molecule has 0 spiro atoms. The van der Waals surface area contributed by atoms with Crippen molar-refractivity contribution in [3.8, 4) is 22.4 Å². The Hall–Kier alpha value is -4.00. The number of carbonyl (C=O) groups is 1. The zero-order chi connectivity index (χ0) is 22.9. The molecule has 3 heterocycles. The van der Waals surface area contributed by atoms with Crippen LogP contribution in [0.3, 0.4) is 0 Å². The van der Waals surface area contributed by atoms with Crippen molar-refractivity contribution < 1.29 is 18.7 Å². The first-order valence-electron chi connectivity index (χ1n) is 9.87. The Balaban J connectivity index is 1.93. The van der Waals surface area contributed by atoms with Crippen LogP contribution in [0, 0.1) is 11.9 Å². The van der Waals surface area contributed by atoms with Gasteiger partial charge in [0.2, 0.25) is 11.9 Å². The van der Waals surface area contributed by atoms with Crippen LogP contribution in [-0.4, -0.2) is 26.0 Å². The van der Waals surface area contributed by atoms with Crippen molar-refractivity contribution in [1.29, 1.82) is 0 Å². The van der Waals surface area contributed by atoms with Crippen molar-refractivity contribution in [2.45, 2.75) is 19.3 Å². The average Bonchev–Trinajstić information content (AvgIpc) is 2.79. The highest BCUT2D eigenvalue weighted by atomic mass is 19.1. The molecule has 1 aromatic carbocycles. The molecule has 0 aliphatic heterocycles. The normalized spacial score (nSPS) is 11.4. The van der Waals surface area contributed by atoms with Crippen LogP contribution in [0.25, 0.3) is 22.4 Å². The zero-order valence-electron chi connectivity index (χ0n) is 17.4. The van der Waals surface area contributed by atoms with Gasteiger partial charge in [0.05, 0.1) is 22.6 Å². The molecule has 32 heavy (non-hydrogen) atoms. The number of carboxylic acids is 1. The minimum Gasteiger partial charge on any atom is -0.477 e. The van der Waals surface area contributed by atoms with Gasteiger partial charge in [0.1, 0.15) is 5.69 Å². The maximum absolute atomic E-state index is 14.5. The van der Waals surface area contributed by atoms with Crippen molar-refractivity contribution in [3.63, 3.8) is 0 Å². The van der Waals surface area contributed by atoms with Crippen LogP contribution in [-0.2, 0) is 5.41 Å². The molecular weight excluding hydrogens is 412 g/mol.